The maximum absolute atomic E-state index is 5.77. The summed E-state index contributed by atoms with van der Waals surface area (Å²) in [7, 11) is 4.09. The van der Waals surface area contributed by atoms with E-state index in [4.69, 9.17) is 4.74 Å². The second-order valence-electron chi connectivity index (χ2n) is 4.07. The number of ether oxygens (including phenoxy) is 1. The number of rotatable bonds is 0. The summed E-state index contributed by atoms with van der Waals surface area (Å²) >= 11 is 0. The molecule has 1 aliphatic heterocycles. The topological polar surface area (TPSA) is 12.5 Å². The Bertz CT molecular complexity index is 350. The highest BCUT2D eigenvalue weighted by molar-refractivity contribution is 5.37. The molecule has 0 radical (unpaired) electrons. The second-order valence-corrected chi connectivity index (χ2v) is 4.07. The summed E-state index contributed by atoms with van der Waals surface area (Å²) in [5.74, 6) is 0. The molecule has 1 fully saturated rings. The monoisotopic (exact) mass is 188 g/mol. The first kappa shape index (κ1) is 8.45. The van der Waals surface area contributed by atoms with Crippen LogP contribution in [-0.4, -0.2) is 24.2 Å². The van der Waals surface area contributed by atoms with Crippen molar-refractivity contribution in [3.8, 4) is 0 Å². The van der Waals surface area contributed by atoms with Gasteiger partial charge in [-0.15, -0.1) is 0 Å². The van der Waals surface area contributed by atoms with Crippen LogP contribution in [0.5, 0.6) is 0 Å². The van der Waals surface area contributed by atoms with Gasteiger partial charge < -0.3 is 9.64 Å². The highest BCUT2D eigenvalue weighted by Crippen LogP contribution is 2.38. The molecule has 1 aromatic carbocycles. The molecular weight excluding hydrogens is 174 g/mol. The van der Waals surface area contributed by atoms with Crippen LogP contribution in [0.3, 0.4) is 0 Å². The fourth-order valence-electron chi connectivity index (χ4n) is 2.58. The van der Waals surface area contributed by atoms with E-state index in [0.29, 0.717) is 12.1 Å². The fourth-order valence-corrected chi connectivity index (χ4v) is 2.58. The van der Waals surface area contributed by atoms with Gasteiger partial charge >= 0.3 is 0 Å². The lowest BCUT2D eigenvalue weighted by Gasteiger charge is -2.41. The number of morpholine rings is 1. The third-order valence-electron chi connectivity index (χ3n) is 3.25. The second kappa shape index (κ2) is 3.07. The number of hydrogen-bond donors (Lipinski definition) is 0. The molecule has 0 saturated carbocycles. The van der Waals surface area contributed by atoms with Gasteiger partial charge in [-0.25, -0.2) is 0 Å². The average Bonchev–Trinajstić information content (AvgIpc) is 2.57. The van der Waals surface area contributed by atoms with Gasteiger partial charge in [0.1, 0.15) is 0 Å². The molecule has 0 unspecified atom stereocenters. The van der Waals surface area contributed by atoms with Gasteiger partial charge in [-0.3, -0.25) is 7.05 Å². The van der Waals surface area contributed by atoms with Gasteiger partial charge in [0.05, 0.1) is 12.7 Å². The maximum atomic E-state index is 5.77. The molecule has 0 amide bonds. The van der Waals surface area contributed by atoms with E-state index in [0.717, 1.165) is 19.6 Å². The fraction of sp³-hybridized carbons (Fsp3) is 0.417. The molecule has 2 heteroatoms. The Hall–Kier alpha value is -0.860. The van der Waals surface area contributed by atoms with Gasteiger partial charge in [-0.1, -0.05) is 24.3 Å². The molecule has 1 aromatic rings. The summed E-state index contributed by atoms with van der Waals surface area (Å²) in [6.07, 6.45) is 1.38. The lowest BCUT2D eigenvalue weighted by Crippen LogP contribution is -2.39. The van der Waals surface area contributed by atoms with Crippen LogP contribution < -0.4 is 0 Å². The Morgan fingerprint density at radius 1 is 1.36 bits per heavy atom. The zero-order valence-electron chi connectivity index (χ0n) is 8.15. The van der Waals surface area contributed by atoms with Gasteiger partial charge in [0.2, 0.25) is 0 Å². The molecule has 2 atom stereocenters. The minimum atomic E-state index is 0.332. The van der Waals surface area contributed by atoms with Gasteiger partial charge in [-0.2, -0.15) is 0 Å². The van der Waals surface area contributed by atoms with Crippen LogP contribution in [-0.2, 0) is 11.2 Å². The maximum Gasteiger partial charge on any atom is 0.0789 e. The predicted molar refractivity (Wildman–Crippen MR) is 54.7 cm³/mol. The van der Waals surface area contributed by atoms with Crippen molar-refractivity contribution in [3.05, 3.63) is 42.4 Å². The first-order valence-corrected chi connectivity index (χ1v) is 5.13. The normalized spacial score (nSPS) is 31.2. The van der Waals surface area contributed by atoms with Gasteiger partial charge in [-0.05, 0) is 17.7 Å². The van der Waals surface area contributed by atoms with Crippen molar-refractivity contribution >= 4 is 0 Å². The zero-order valence-corrected chi connectivity index (χ0v) is 8.15. The number of hydrogen-bond acceptors (Lipinski definition) is 2. The predicted octanol–water partition coefficient (Wildman–Crippen LogP) is 1.78. The van der Waals surface area contributed by atoms with Crippen LogP contribution in [0.1, 0.15) is 17.2 Å². The molecule has 2 nitrogen and oxygen atoms in total. The number of nitrogens with zero attached hydrogens (tertiary/aromatic N) is 1. The van der Waals surface area contributed by atoms with Crippen LogP contribution >= 0.6 is 0 Å². The largest absolute Gasteiger partial charge is 0.449 e. The quantitative estimate of drug-likeness (QED) is 0.575. The average molecular weight is 188 g/mol. The van der Waals surface area contributed by atoms with Gasteiger partial charge in [0.25, 0.3) is 0 Å². The van der Waals surface area contributed by atoms with Gasteiger partial charge in [0.15, 0.2) is 0 Å². The summed E-state index contributed by atoms with van der Waals surface area (Å²) in [4.78, 5) is 2.17. The van der Waals surface area contributed by atoms with Crippen LogP contribution in [0.15, 0.2) is 24.3 Å². The third kappa shape index (κ3) is 1.11. The van der Waals surface area contributed by atoms with Crippen LogP contribution in [0.25, 0.3) is 0 Å². The minimum Gasteiger partial charge on any atom is -0.449 e. The summed E-state index contributed by atoms with van der Waals surface area (Å²) < 4.78 is 5.77. The smallest absolute Gasteiger partial charge is 0.0789 e. The lowest BCUT2D eigenvalue weighted by molar-refractivity contribution is -0.0463. The van der Waals surface area contributed by atoms with Crippen molar-refractivity contribution < 1.29 is 4.74 Å². The molecule has 0 spiro atoms. The number of benzene rings is 1. The summed E-state index contributed by atoms with van der Waals surface area (Å²) in [5, 5.41) is 0. The Kier molecular flexibility index (Phi) is 1.85. The SMILES string of the molecule is [CH2-]N1CCO[C@@H]2Cc3ccccc3[C@@H]21. The molecule has 0 aromatic heterocycles. The lowest BCUT2D eigenvalue weighted by atomic mass is 10.1. The van der Waals surface area contributed by atoms with E-state index < -0.39 is 0 Å². The highest BCUT2D eigenvalue weighted by Gasteiger charge is 2.35. The first-order chi connectivity index (χ1) is 6.86. The molecule has 0 bridgehead atoms. The molecule has 2 aliphatic rings. The summed E-state index contributed by atoms with van der Waals surface area (Å²) in [6.45, 7) is 1.76. The van der Waals surface area contributed by atoms with Crippen molar-refractivity contribution in [1.29, 1.82) is 0 Å². The van der Waals surface area contributed by atoms with Crippen LogP contribution in [0, 0.1) is 7.05 Å². The van der Waals surface area contributed by atoms with Crippen molar-refractivity contribution in [2.24, 2.45) is 0 Å². The Morgan fingerprint density at radius 3 is 3.14 bits per heavy atom. The standard InChI is InChI=1S/C12H14NO/c1-13-6-7-14-11-8-9-4-2-3-5-10(9)12(11)13/h2-5,11-12H,1,6-8H2/q-1/t11-,12+/m1/s1. The zero-order chi connectivity index (χ0) is 9.54. The molecule has 74 valence electrons. The number of fused-ring (bicyclic) bond motifs is 3. The van der Waals surface area contributed by atoms with Gasteiger partial charge in [0, 0.05) is 12.5 Å². The van der Waals surface area contributed by atoms with Crippen molar-refractivity contribution in [2.45, 2.75) is 18.6 Å². The van der Waals surface area contributed by atoms with E-state index in [2.05, 4.69) is 36.2 Å². The molecule has 1 aliphatic carbocycles. The third-order valence-corrected chi connectivity index (χ3v) is 3.25. The van der Waals surface area contributed by atoms with Crippen molar-refractivity contribution in [2.75, 3.05) is 13.2 Å². The Balaban J connectivity index is 2.03. The molecule has 14 heavy (non-hydrogen) atoms. The Morgan fingerprint density at radius 2 is 2.21 bits per heavy atom. The summed E-state index contributed by atoms with van der Waals surface area (Å²) in [5.41, 5.74) is 2.84. The van der Waals surface area contributed by atoms with E-state index in [1.165, 1.54) is 11.1 Å². The van der Waals surface area contributed by atoms with Crippen molar-refractivity contribution in [1.82, 2.24) is 4.90 Å². The van der Waals surface area contributed by atoms with E-state index in [-0.39, 0.29) is 0 Å². The molecular formula is C12H14NO-. The van der Waals surface area contributed by atoms with E-state index >= 15 is 0 Å². The summed E-state index contributed by atoms with van der Waals surface area (Å²) in [6, 6.07) is 8.99. The molecule has 0 N–H and O–H groups in total. The van der Waals surface area contributed by atoms with Crippen molar-refractivity contribution in [3.63, 3.8) is 0 Å². The highest BCUT2D eigenvalue weighted by atomic mass is 16.5. The van der Waals surface area contributed by atoms with E-state index in [1.807, 2.05) is 0 Å². The van der Waals surface area contributed by atoms with Crippen LogP contribution in [0.2, 0.25) is 0 Å². The molecule has 3 rings (SSSR count). The van der Waals surface area contributed by atoms with Crippen LogP contribution in [0.4, 0.5) is 0 Å². The Labute approximate surface area is 84.5 Å². The molecule has 1 saturated heterocycles. The minimum absolute atomic E-state index is 0.332. The first-order valence-electron chi connectivity index (χ1n) is 5.13. The molecule has 1 heterocycles. The van der Waals surface area contributed by atoms with E-state index in [9.17, 15) is 0 Å². The van der Waals surface area contributed by atoms with E-state index in [1.54, 1.807) is 0 Å².